The van der Waals surface area contributed by atoms with Crippen LogP contribution in [0.3, 0.4) is 0 Å². The van der Waals surface area contributed by atoms with Crippen LogP contribution < -0.4 is 11.2 Å². The number of nitrogens with zero attached hydrogens (tertiary/aromatic N) is 1. The van der Waals surface area contributed by atoms with Crippen LogP contribution in [0.15, 0.2) is 33.7 Å². The van der Waals surface area contributed by atoms with Crippen molar-refractivity contribution in [2.75, 3.05) is 20.8 Å². The molecule has 0 aromatic carbocycles. The Labute approximate surface area is 182 Å². The molecule has 0 aliphatic carbocycles. The quantitative estimate of drug-likeness (QED) is 0.473. The van der Waals surface area contributed by atoms with Gasteiger partial charge in [-0.3, -0.25) is 18.9 Å². The number of aromatic amines is 1. The van der Waals surface area contributed by atoms with Gasteiger partial charge in [-0.2, -0.15) is 0 Å². The van der Waals surface area contributed by atoms with E-state index in [0.29, 0.717) is 0 Å². The summed E-state index contributed by atoms with van der Waals surface area (Å²) in [4.78, 5) is 26.1. The fourth-order valence-electron chi connectivity index (χ4n) is 3.40. The van der Waals surface area contributed by atoms with E-state index in [0.717, 1.165) is 0 Å². The number of ether oxygens (including phenoxy) is 2. The van der Waals surface area contributed by atoms with Gasteiger partial charge in [-0.15, -0.1) is 0 Å². The van der Waals surface area contributed by atoms with Gasteiger partial charge in [0.1, 0.15) is 17.8 Å². The van der Waals surface area contributed by atoms with Crippen molar-refractivity contribution in [1.82, 2.24) is 9.55 Å². The summed E-state index contributed by atoms with van der Waals surface area (Å²) in [7, 11) is -3.15. The van der Waals surface area contributed by atoms with Crippen molar-refractivity contribution in [3.8, 4) is 0 Å². The molecular formula is C19H31N2O8PSi. The molecule has 3 rings (SSSR count). The highest BCUT2D eigenvalue weighted by Crippen LogP contribution is 2.53. The number of rotatable bonds is 7. The van der Waals surface area contributed by atoms with Gasteiger partial charge in [-0.1, -0.05) is 20.8 Å². The maximum atomic E-state index is 12.6. The third kappa shape index (κ3) is 4.45. The van der Waals surface area contributed by atoms with Gasteiger partial charge in [0.05, 0.1) is 6.61 Å². The summed E-state index contributed by atoms with van der Waals surface area (Å²) in [6.45, 7) is 10.7. The lowest BCUT2D eigenvalue weighted by atomic mass is 10.00. The first-order valence-electron chi connectivity index (χ1n) is 9.98. The Morgan fingerprint density at radius 2 is 1.94 bits per heavy atom. The topological polar surface area (TPSA) is 118 Å². The summed E-state index contributed by atoms with van der Waals surface area (Å²) in [6.07, 6.45) is 0.964. The predicted octanol–water partition coefficient (Wildman–Crippen LogP) is 2.59. The molecule has 12 heteroatoms. The Morgan fingerprint density at radius 1 is 1.29 bits per heavy atom. The van der Waals surface area contributed by atoms with E-state index in [9.17, 15) is 14.2 Å². The first-order chi connectivity index (χ1) is 14.3. The van der Waals surface area contributed by atoms with Crippen molar-refractivity contribution in [1.29, 1.82) is 0 Å². The van der Waals surface area contributed by atoms with Crippen molar-refractivity contribution in [3.05, 3.63) is 45.0 Å². The second-order valence-electron chi connectivity index (χ2n) is 9.28. The fraction of sp³-hybridized carbons (Fsp3) is 0.684. The van der Waals surface area contributed by atoms with E-state index >= 15 is 0 Å². The molecule has 0 spiro atoms. The van der Waals surface area contributed by atoms with Crippen molar-refractivity contribution >= 4 is 15.9 Å². The van der Waals surface area contributed by atoms with E-state index in [2.05, 4.69) is 38.8 Å². The summed E-state index contributed by atoms with van der Waals surface area (Å²) >= 11 is 0. The van der Waals surface area contributed by atoms with Crippen LogP contribution in [0.25, 0.3) is 0 Å². The second kappa shape index (κ2) is 8.22. The Balaban J connectivity index is 2.05. The molecule has 0 amide bonds. The van der Waals surface area contributed by atoms with Crippen LogP contribution in [-0.2, 0) is 27.5 Å². The Bertz CT molecular complexity index is 1010. The van der Waals surface area contributed by atoms with Gasteiger partial charge in [-0.05, 0) is 24.2 Å². The normalized spacial score (nSPS) is 29.2. The average Bonchev–Trinajstić information content (AvgIpc) is 3.16. The number of fused-ring (bicyclic) bond motifs is 2. The molecule has 31 heavy (non-hydrogen) atoms. The minimum Gasteiger partial charge on any atom is -0.408 e. The van der Waals surface area contributed by atoms with Crippen LogP contribution in [-0.4, -0.2) is 56.5 Å². The van der Waals surface area contributed by atoms with Gasteiger partial charge in [0, 0.05) is 32.3 Å². The summed E-state index contributed by atoms with van der Waals surface area (Å²) in [6, 6.07) is 1.24. The van der Waals surface area contributed by atoms with Gasteiger partial charge in [0.2, 0.25) is 0 Å². The average molecular weight is 475 g/mol. The van der Waals surface area contributed by atoms with Gasteiger partial charge in [0.15, 0.2) is 14.5 Å². The predicted molar refractivity (Wildman–Crippen MR) is 117 cm³/mol. The molecule has 1 unspecified atom stereocenters. The SMILES string of the molecule is COP(=O)(/C=C/[C@]12CO[C@H](C1O[Si](C)(C)C(C)(C)C)[C@H](n1ccc(=O)[nH]c1=O)O2)OC. The molecule has 2 saturated heterocycles. The molecule has 10 nitrogen and oxygen atoms in total. The van der Waals surface area contributed by atoms with Crippen LogP contribution >= 0.6 is 7.60 Å². The van der Waals surface area contributed by atoms with Crippen molar-refractivity contribution < 1.29 is 27.5 Å². The first-order valence-corrected chi connectivity index (χ1v) is 14.5. The molecule has 1 N–H and O–H groups in total. The third-order valence-corrected chi connectivity index (χ3v) is 12.3. The maximum absolute atomic E-state index is 12.6. The van der Waals surface area contributed by atoms with Crippen LogP contribution in [0, 0.1) is 0 Å². The molecule has 0 saturated carbocycles. The molecule has 2 aliphatic heterocycles. The molecule has 4 atom stereocenters. The summed E-state index contributed by atoms with van der Waals surface area (Å²) in [5.74, 6) is 1.33. The fourth-order valence-corrected chi connectivity index (χ4v) is 5.55. The monoisotopic (exact) mass is 474 g/mol. The van der Waals surface area contributed by atoms with E-state index in [1.807, 2.05) is 0 Å². The molecule has 2 fully saturated rings. The highest BCUT2D eigenvalue weighted by atomic mass is 31.2. The number of hydrogen-bond donors (Lipinski definition) is 1. The molecule has 174 valence electrons. The molecule has 1 aromatic rings. The van der Waals surface area contributed by atoms with Crippen LogP contribution in [0.4, 0.5) is 0 Å². The zero-order valence-corrected chi connectivity index (χ0v) is 20.8. The van der Waals surface area contributed by atoms with Crippen molar-refractivity contribution in [3.63, 3.8) is 0 Å². The maximum Gasteiger partial charge on any atom is 0.353 e. The highest BCUT2D eigenvalue weighted by molar-refractivity contribution is 7.57. The highest BCUT2D eigenvalue weighted by Gasteiger charge is 2.63. The van der Waals surface area contributed by atoms with Crippen molar-refractivity contribution in [2.45, 2.75) is 62.9 Å². The lowest BCUT2D eigenvalue weighted by molar-refractivity contribution is -0.156. The van der Waals surface area contributed by atoms with Crippen molar-refractivity contribution in [2.24, 2.45) is 0 Å². The van der Waals surface area contributed by atoms with E-state index in [-0.39, 0.29) is 11.6 Å². The standard InChI is InChI=1S/C19H31N2O8PSi/c1-18(2,3)31(6,7)29-15-14-16(21-10-8-13(22)20-17(21)23)28-19(15,12-27-14)9-11-30(24,25-4)26-5/h8-11,14-16H,12H2,1-7H3,(H,20,22,23)/b11-9+/t14-,15?,16-,19+/m1/s1. The van der Waals surface area contributed by atoms with Gasteiger partial charge in [-0.25, -0.2) is 4.79 Å². The zero-order chi connectivity index (χ0) is 23.2. The smallest absolute Gasteiger partial charge is 0.353 e. The minimum absolute atomic E-state index is 0.0847. The summed E-state index contributed by atoms with van der Waals surface area (Å²) in [5.41, 5.74) is -2.22. The molecule has 0 radical (unpaired) electrons. The van der Waals surface area contributed by atoms with Gasteiger partial charge >= 0.3 is 13.3 Å². The molecular weight excluding hydrogens is 443 g/mol. The number of hydrogen-bond acceptors (Lipinski definition) is 8. The van der Waals surface area contributed by atoms with E-state index in [1.165, 1.54) is 36.9 Å². The van der Waals surface area contributed by atoms with Crippen LogP contribution in [0.1, 0.15) is 27.0 Å². The summed E-state index contributed by atoms with van der Waals surface area (Å²) in [5, 5.41) is -0.0847. The van der Waals surface area contributed by atoms with E-state index < -0.39 is 51.2 Å². The Kier molecular flexibility index (Phi) is 6.45. The zero-order valence-electron chi connectivity index (χ0n) is 18.9. The lowest BCUT2D eigenvalue weighted by Gasteiger charge is -2.40. The van der Waals surface area contributed by atoms with E-state index in [1.54, 1.807) is 6.08 Å². The number of nitrogens with one attached hydrogen (secondary N) is 1. The van der Waals surface area contributed by atoms with Crippen LogP contribution in [0.5, 0.6) is 0 Å². The Morgan fingerprint density at radius 3 is 2.48 bits per heavy atom. The third-order valence-electron chi connectivity index (χ3n) is 6.30. The van der Waals surface area contributed by atoms with E-state index in [4.69, 9.17) is 22.9 Å². The number of H-pyrrole nitrogens is 1. The van der Waals surface area contributed by atoms with Gasteiger partial charge in [0.25, 0.3) is 5.56 Å². The Hall–Kier alpha value is -1.33. The summed E-state index contributed by atoms with van der Waals surface area (Å²) < 4.78 is 42.9. The number of aromatic nitrogens is 2. The minimum atomic E-state index is -3.47. The molecule has 1 aromatic heterocycles. The molecule has 2 aliphatic rings. The second-order valence-corrected chi connectivity index (χ2v) is 16.1. The largest absolute Gasteiger partial charge is 0.408 e. The van der Waals surface area contributed by atoms with Gasteiger partial charge < -0.3 is 22.9 Å². The first kappa shape index (κ1) is 24.3. The lowest BCUT2D eigenvalue weighted by Crippen LogP contribution is -2.50. The molecule has 3 heterocycles. The van der Waals surface area contributed by atoms with Crippen LogP contribution in [0.2, 0.25) is 18.1 Å². The molecule has 2 bridgehead atoms.